The second kappa shape index (κ2) is 7.83. The summed E-state index contributed by atoms with van der Waals surface area (Å²) in [5.74, 6) is 0.134. The van der Waals surface area contributed by atoms with Crippen molar-refractivity contribution < 1.29 is 22.7 Å². The zero-order valence-electron chi connectivity index (χ0n) is 17.3. The summed E-state index contributed by atoms with van der Waals surface area (Å²) in [6.07, 6.45) is 0.991. The second-order valence-electron chi connectivity index (χ2n) is 7.48. The van der Waals surface area contributed by atoms with Crippen LogP contribution in [0.4, 0.5) is 0 Å². The first-order valence-corrected chi connectivity index (χ1v) is 10.5. The number of amides is 1. The van der Waals surface area contributed by atoms with Gasteiger partial charge in [-0.3, -0.25) is 9.48 Å². The lowest BCUT2D eigenvalue weighted by atomic mass is 10.1. The van der Waals surface area contributed by atoms with Crippen LogP contribution in [0.25, 0.3) is 0 Å². The maximum absolute atomic E-state index is 13.0. The summed E-state index contributed by atoms with van der Waals surface area (Å²) < 4.78 is 37.9. The molecule has 8 nitrogen and oxygen atoms in total. The molecule has 1 aromatic carbocycles. The van der Waals surface area contributed by atoms with Crippen molar-refractivity contribution in [2.75, 3.05) is 20.5 Å². The van der Waals surface area contributed by atoms with E-state index < -0.39 is 15.9 Å². The predicted octanol–water partition coefficient (Wildman–Crippen LogP) is 2.57. The Morgan fingerprint density at radius 2 is 1.86 bits per heavy atom. The highest BCUT2D eigenvalue weighted by atomic mass is 32.2. The number of hydrogen-bond donors (Lipinski definition) is 0. The number of hydrogen-bond acceptors (Lipinski definition) is 6. The molecule has 1 aromatic heterocycles. The molecule has 0 atom stereocenters. The summed E-state index contributed by atoms with van der Waals surface area (Å²) >= 11 is 0. The molecule has 28 heavy (non-hydrogen) atoms. The van der Waals surface area contributed by atoms with Crippen LogP contribution in [0.15, 0.2) is 24.3 Å². The van der Waals surface area contributed by atoms with Crippen molar-refractivity contribution in [3.63, 3.8) is 0 Å². The number of aromatic nitrogens is 2. The molecule has 9 heteroatoms. The van der Waals surface area contributed by atoms with Gasteiger partial charge in [-0.25, -0.2) is 12.7 Å². The highest BCUT2D eigenvalue weighted by Crippen LogP contribution is 2.32. The van der Waals surface area contributed by atoms with Crippen molar-refractivity contribution in [1.29, 1.82) is 0 Å². The van der Waals surface area contributed by atoms with Crippen molar-refractivity contribution in [3.8, 4) is 11.5 Å². The quantitative estimate of drug-likeness (QED) is 0.728. The fourth-order valence-electron chi connectivity index (χ4n) is 2.96. The third-order valence-electron chi connectivity index (χ3n) is 4.17. The Hall–Kier alpha value is -2.55. The van der Waals surface area contributed by atoms with Crippen molar-refractivity contribution in [1.82, 2.24) is 14.1 Å². The van der Waals surface area contributed by atoms with Crippen molar-refractivity contribution in [3.05, 3.63) is 41.2 Å². The monoisotopic (exact) mass is 409 g/mol. The number of aryl methyl sites for hydroxylation is 1. The molecule has 1 amide bonds. The van der Waals surface area contributed by atoms with Crippen molar-refractivity contribution >= 4 is 15.9 Å². The lowest BCUT2D eigenvalue weighted by molar-refractivity contribution is 0.0848. The van der Waals surface area contributed by atoms with Crippen LogP contribution in [0.2, 0.25) is 0 Å². The van der Waals surface area contributed by atoms with Crippen LogP contribution in [0.5, 0.6) is 11.5 Å². The van der Waals surface area contributed by atoms with Crippen LogP contribution < -0.4 is 9.47 Å². The van der Waals surface area contributed by atoms with E-state index in [0.29, 0.717) is 17.1 Å². The Kier molecular flexibility index (Phi) is 6.08. The van der Waals surface area contributed by atoms with Gasteiger partial charge in [0.25, 0.3) is 5.91 Å². The van der Waals surface area contributed by atoms with Crippen LogP contribution >= 0.6 is 0 Å². The fourth-order valence-corrected chi connectivity index (χ4v) is 3.73. The summed E-state index contributed by atoms with van der Waals surface area (Å²) in [6.45, 7) is 7.49. The molecule has 0 saturated carbocycles. The Labute approximate surface area is 166 Å². The van der Waals surface area contributed by atoms with Gasteiger partial charge >= 0.3 is 0 Å². The molecule has 2 aromatic rings. The van der Waals surface area contributed by atoms with E-state index in [1.165, 1.54) is 14.2 Å². The molecule has 0 aliphatic heterocycles. The highest BCUT2D eigenvalue weighted by Gasteiger charge is 2.30. The van der Waals surface area contributed by atoms with Gasteiger partial charge in [-0.05, 0) is 39.8 Å². The molecule has 0 N–H and O–H groups in total. The zero-order valence-corrected chi connectivity index (χ0v) is 18.1. The van der Waals surface area contributed by atoms with E-state index in [9.17, 15) is 13.2 Å². The first-order valence-electron chi connectivity index (χ1n) is 8.69. The fraction of sp³-hybridized carbons (Fsp3) is 0.474. The Morgan fingerprint density at radius 1 is 1.21 bits per heavy atom. The van der Waals surface area contributed by atoms with Crippen LogP contribution in [0, 0.1) is 6.92 Å². The Balaban J connectivity index is 2.48. The minimum atomic E-state index is -3.86. The number of methoxy groups -OCH3 is 2. The molecule has 0 aliphatic rings. The van der Waals surface area contributed by atoms with Gasteiger partial charge in [0.15, 0.2) is 17.2 Å². The molecule has 0 bridgehead atoms. The van der Waals surface area contributed by atoms with Crippen LogP contribution in [0.3, 0.4) is 0 Å². The number of benzene rings is 1. The number of para-hydroxylation sites is 1. The van der Waals surface area contributed by atoms with Gasteiger partial charge in [0.2, 0.25) is 10.0 Å². The van der Waals surface area contributed by atoms with Crippen molar-refractivity contribution in [2.24, 2.45) is 0 Å². The highest BCUT2D eigenvalue weighted by molar-refractivity contribution is 7.88. The minimum absolute atomic E-state index is 0.0692. The third kappa shape index (κ3) is 4.46. The lowest BCUT2D eigenvalue weighted by Gasteiger charge is -2.22. The van der Waals surface area contributed by atoms with Crippen LogP contribution in [0.1, 0.15) is 42.5 Å². The molecule has 154 valence electrons. The molecule has 0 unspecified atom stereocenters. The Bertz CT molecular complexity index is 974. The number of nitrogens with zero attached hydrogens (tertiary/aromatic N) is 3. The number of carbonyl (C=O) groups is 1. The largest absolute Gasteiger partial charge is 0.493 e. The molecular weight excluding hydrogens is 382 g/mol. The number of sulfonamides is 1. The van der Waals surface area contributed by atoms with Gasteiger partial charge in [-0.2, -0.15) is 5.10 Å². The molecule has 0 saturated heterocycles. The number of carbonyl (C=O) groups excluding carboxylic acids is 1. The van der Waals surface area contributed by atoms with Gasteiger partial charge in [0.05, 0.1) is 32.6 Å². The first-order chi connectivity index (χ1) is 12.9. The maximum atomic E-state index is 13.0. The van der Waals surface area contributed by atoms with Crippen LogP contribution in [-0.4, -0.2) is 48.9 Å². The van der Waals surface area contributed by atoms with Crippen LogP contribution in [-0.2, 0) is 22.1 Å². The first kappa shape index (κ1) is 21.7. The summed E-state index contributed by atoms with van der Waals surface area (Å²) in [4.78, 5) is 13.0. The zero-order chi connectivity index (χ0) is 21.3. The Morgan fingerprint density at radius 3 is 2.32 bits per heavy atom. The SMILES string of the molecule is COc1cccc(CN(C(=O)c2cc(C)n(C(C)(C)C)n2)S(C)(=O)=O)c1OC. The molecule has 0 radical (unpaired) electrons. The van der Waals surface area contributed by atoms with E-state index in [1.807, 2.05) is 27.7 Å². The topological polar surface area (TPSA) is 90.7 Å². The van der Waals surface area contributed by atoms with E-state index in [-0.39, 0.29) is 17.8 Å². The van der Waals surface area contributed by atoms with Gasteiger partial charge in [0, 0.05) is 11.3 Å². The summed E-state index contributed by atoms with van der Waals surface area (Å²) in [6, 6.07) is 6.68. The second-order valence-corrected chi connectivity index (χ2v) is 9.39. The lowest BCUT2D eigenvalue weighted by Crippen LogP contribution is -2.36. The predicted molar refractivity (Wildman–Crippen MR) is 106 cm³/mol. The maximum Gasteiger partial charge on any atom is 0.288 e. The van der Waals surface area contributed by atoms with E-state index in [0.717, 1.165) is 16.3 Å². The standard InChI is InChI=1S/C19H27N3O5S/c1-13-11-15(20-22(13)19(2,3)4)18(23)21(28(7,24)25)12-14-9-8-10-16(26-5)17(14)27-6/h8-11H,12H2,1-7H3. The minimum Gasteiger partial charge on any atom is -0.493 e. The number of rotatable bonds is 6. The van der Waals surface area contributed by atoms with E-state index >= 15 is 0 Å². The van der Waals surface area contributed by atoms with Gasteiger partial charge in [-0.15, -0.1) is 0 Å². The number of ether oxygens (including phenoxy) is 2. The summed E-state index contributed by atoms with van der Waals surface area (Å²) in [5.41, 5.74) is 1.00. The van der Waals surface area contributed by atoms with E-state index in [1.54, 1.807) is 28.9 Å². The average molecular weight is 410 g/mol. The molecule has 1 heterocycles. The molecule has 2 rings (SSSR count). The summed E-state index contributed by atoms with van der Waals surface area (Å²) in [7, 11) is -0.906. The molecular formula is C19H27N3O5S. The average Bonchev–Trinajstić information content (AvgIpc) is 2.99. The molecule has 0 spiro atoms. The van der Waals surface area contributed by atoms with Gasteiger partial charge < -0.3 is 9.47 Å². The van der Waals surface area contributed by atoms with Crippen molar-refractivity contribution in [2.45, 2.75) is 39.8 Å². The van der Waals surface area contributed by atoms with E-state index in [2.05, 4.69) is 5.10 Å². The summed E-state index contributed by atoms with van der Waals surface area (Å²) in [5, 5.41) is 4.34. The molecule has 0 aliphatic carbocycles. The van der Waals surface area contributed by atoms with Gasteiger partial charge in [0.1, 0.15) is 0 Å². The van der Waals surface area contributed by atoms with Gasteiger partial charge in [-0.1, -0.05) is 12.1 Å². The normalized spacial score (nSPS) is 12.0. The third-order valence-corrected chi connectivity index (χ3v) is 5.26. The smallest absolute Gasteiger partial charge is 0.288 e. The van der Waals surface area contributed by atoms with E-state index in [4.69, 9.17) is 9.47 Å². The molecule has 0 fully saturated rings.